The van der Waals surface area contributed by atoms with Gasteiger partial charge in [-0.25, -0.2) is 0 Å². The summed E-state index contributed by atoms with van der Waals surface area (Å²) in [4.78, 5) is 10.7. The van der Waals surface area contributed by atoms with Gasteiger partial charge in [-0.2, -0.15) is 0 Å². The normalized spacial score (nSPS) is 11.2. The monoisotopic (exact) mass is 204 g/mol. The van der Waals surface area contributed by atoms with Crippen LogP contribution in [0.5, 0.6) is 5.75 Å². The predicted molar refractivity (Wildman–Crippen MR) is 61.9 cm³/mol. The van der Waals surface area contributed by atoms with Crippen LogP contribution < -0.4 is 4.74 Å². The first-order chi connectivity index (χ1) is 7.31. The third-order valence-corrected chi connectivity index (χ3v) is 2.12. The van der Waals surface area contributed by atoms with Gasteiger partial charge in [-0.15, -0.1) is 0 Å². The maximum atomic E-state index is 10.7. The topological polar surface area (TPSA) is 26.3 Å². The molecule has 0 aliphatic carbocycles. The van der Waals surface area contributed by atoms with Gasteiger partial charge in [0, 0.05) is 5.56 Å². The van der Waals surface area contributed by atoms with E-state index in [1.165, 1.54) is 0 Å². The summed E-state index contributed by atoms with van der Waals surface area (Å²) in [7, 11) is 0. The highest BCUT2D eigenvalue weighted by Gasteiger charge is 2.00. The molecule has 0 saturated carbocycles. The molecule has 0 fully saturated rings. The number of hydrogen-bond donors (Lipinski definition) is 0. The minimum absolute atomic E-state index is 0.632. The molecule has 0 unspecified atom stereocenters. The van der Waals surface area contributed by atoms with Crippen molar-refractivity contribution in [2.75, 3.05) is 6.61 Å². The van der Waals surface area contributed by atoms with Crippen molar-refractivity contribution in [1.82, 2.24) is 0 Å². The van der Waals surface area contributed by atoms with Crippen LogP contribution in [0.25, 0.3) is 6.08 Å². The van der Waals surface area contributed by atoms with Gasteiger partial charge in [0.05, 0.1) is 6.61 Å². The summed E-state index contributed by atoms with van der Waals surface area (Å²) in [5, 5.41) is 0. The molecule has 0 heterocycles. The summed E-state index contributed by atoms with van der Waals surface area (Å²) in [6.07, 6.45) is 3.50. The lowest BCUT2D eigenvalue weighted by Gasteiger charge is -2.06. The first-order valence-corrected chi connectivity index (χ1v) is 5.19. The molecule has 0 bridgehead atoms. The van der Waals surface area contributed by atoms with Crippen molar-refractivity contribution in [2.45, 2.75) is 20.3 Å². The molecular weight excluding hydrogens is 188 g/mol. The van der Waals surface area contributed by atoms with Gasteiger partial charge in [-0.05, 0) is 31.1 Å². The molecule has 0 atom stereocenters. The van der Waals surface area contributed by atoms with E-state index in [1.54, 1.807) is 0 Å². The van der Waals surface area contributed by atoms with Crippen LogP contribution in [0.4, 0.5) is 0 Å². The molecule has 0 saturated heterocycles. The van der Waals surface area contributed by atoms with Crippen molar-refractivity contribution < 1.29 is 9.53 Å². The standard InChI is InChI=1S/C13H16O2/c1-3-11(10-14)9-12-7-5-6-8-13(12)15-4-2/h5-10H,3-4H2,1-2H3/b11-9+. The van der Waals surface area contributed by atoms with Crippen LogP contribution in [0.15, 0.2) is 29.8 Å². The number of rotatable bonds is 5. The van der Waals surface area contributed by atoms with Gasteiger partial charge >= 0.3 is 0 Å². The van der Waals surface area contributed by atoms with Gasteiger partial charge in [0.15, 0.2) is 0 Å². The van der Waals surface area contributed by atoms with Crippen LogP contribution >= 0.6 is 0 Å². The number of ether oxygens (including phenoxy) is 1. The van der Waals surface area contributed by atoms with E-state index in [0.717, 1.165) is 29.6 Å². The van der Waals surface area contributed by atoms with Crippen molar-refractivity contribution in [3.63, 3.8) is 0 Å². The lowest BCUT2D eigenvalue weighted by Crippen LogP contribution is -1.94. The Morgan fingerprint density at radius 2 is 2.07 bits per heavy atom. The molecular formula is C13H16O2. The van der Waals surface area contributed by atoms with Crippen LogP contribution in [0.2, 0.25) is 0 Å². The van der Waals surface area contributed by atoms with E-state index in [2.05, 4.69) is 0 Å². The molecule has 1 rings (SSSR count). The maximum absolute atomic E-state index is 10.7. The number of hydrogen-bond acceptors (Lipinski definition) is 2. The Balaban J connectivity index is 3.01. The van der Waals surface area contributed by atoms with E-state index in [-0.39, 0.29) is 0 Å². The van der Waals surface area contributed by atoms with E-state index in [1.807, 2.05) is 44.2 Å². The summed E-state index contributed by atoms with van der Waals surface area (Å²) in [6.45, 7) is 4.54. The summed E-state index contributed by atoms with van der Waals surface area (Å²) >= 11 is 0. The van der Waals surface area contributed by atoms with Crippen LogP contribution in [-0.2, 0) is 4.79 Å². The molecule has 0 amide bonds. The zero-order valence-corrected chi connectivity index (χ0v) is 9.19. The van der Waals surface area contributed by atoms with Crippen molar-refractivity contribution in [2.24, 2.45) is 0 Å². The number of aldehydes is 1. The number of carbonyl (C=O) groups is 1. The number of para-hydroxylation sites is 1. The molecule has 2 nitrogen and oxygen atoms in total. The molecule has 1 aromatic carbocycles. The zero-order valence-electron chi connectivity index (χ0n) is 9.19. The van der Waals surface area contributed by atoms with Gasteiger partial charge in [0.1, 0.15) is 12.0 Å². The van der Waals surface area contributed by atoms with Crippen LogP contribution in [0.3, 0.4) is 0 Å². The summed E-state index contributed by atoms with van der Waals surface area (Å²) in [5.74, 6) is 0.827. The lowest BCUT2D eigenvalue weighted by atomic mass is 10.1. The first-order valence-electron chi connectivity index (χ1n) is 5.19. The lowest BCUT2D eigenvalue weighted by molar-refractivity contribution is -0.104. The molecule has 0 aromatic heterocycles. The molecule has 0 radical (unpaired) electrons. The summed E-state index contributed by atoms with van der Waals surface area (Å²) in [5.41, 5.74) is 1.74. The molecule has 1 aromatic rings. The van der Waals surface area contributed by atoms with Gasteiger partial charge in [-0.1, -0.05) is 25.1 Å². The first kappa shape index (κ1) is 11.5. The fraction of sp³-hybridized carbons (Fsp3) is 0.308. The fourth-order valence-corrected chi connectivity index (χ4v) is 1.31. The third-order valence-electron chi connectivity index (χ3n) is 2.12. The van der Waals surface area contributed by atoms with Crippen molar-refractivity contribution in [3.8, 4) is 5.75 Å². The summed E-state index contributed by atoms with van der Waals surface area (Å²) in [6, 6.07) is 7.72. The van der Waals surface area contributed by atoms with Crippen molar-refractivity contribution >= 4 is 12.4 Å². The minimum Gasteiger partial charge on any atom is -0.493 e. The highest BCUT2D eigenvalue weighted by Crippen LogP contribution is 2.21. The Hall–Kier alpha value is -1.57. The Bertz CT molecular complexity index is 353. The largest absolute Gasteiger partial charge is 0.493 e. The van der Waals surface area contributed by atoms with Gasteiger partial charge < -0.3 is 4.74 Å². The third kappa shape index (κ3) is 3.24. The Kier molecular flexibility index (Phi) is 4.61. The van der Waals surface area contributed by atoms with E-state index in [0.29, 0.717) is 6.61 Å². The Morgan fingerprint density at radius 3 is 2.67 bits per heavy atom. The molecule has 80 valence electrons. The highest BCUT2D eigenvalue weighted by atomic mass is 16.5. The second-order valence-electron chi connectivity index (χ2n) is 3.16. The zero-order chi connectivity index (χ0) is 11.1. The smallest absolute Gasteiger partial charge is 0.146 e. The Labute approximate surface area is 90.6 Å². The fourth-order valence-electron chi connectivity index (χ4n) is 1.31. The number of benzene rings is 1. The molecule has 15 heavy (non-hydrogen) atoms. The van der Waals surface area contributed by atoms with Crippen molar-refractivity contribution in [3.05, 3.63) is 35.4 Å². The molecule has 0 N–H and O–H groups in total. The van der Waals surface area contributed by atoms with E-state index in [4.69, 9.17) is 4.74 Å². The molecule has 0 spiro atoms. The average Bonchev–Trinajstić information content (AvgIpc) is 2.28. The van der Waals surface area contributed by atoms with E-state index in [9.17, 15) is 4.79 Å². The van der Waals surface area contributed by atoms with Crippen LogP contribution in [0.1, 0.15) is 25.8 Å². The molecule has 0 aliphatic heterocycles. The van der Waals surface area contributed by atoms with E-state index < -0.39 is 0 Å². The average molecular weight is 204 g/mol. The second kappa shape index (κ2) is 6.02. The van der Waals surface area contributed by atoms with Gasteiger partial charge in [0.2, 0.25) is 0 Å². The minimum atomic E-state index is 0.632. The highest BCUT2D eigenvalue weighted by molar-refractivity contribution is 5.82. The van der Waals surface area contributed by atoms with Crippen LogP contribution in [0, 0.1) is 0 Å². The maximum Gasteiger partial charge on any atom is 0.146 e. The second-order valence-corrected chi connectivity index (χ2v) is 3.16. The molecule has 0 aliphatic rings. The van der Waals surface area contributed by atoms with E-state index >= 15 is 0 Å². The Morgan fingerprint density at radius 1 is 1.33 bits per heavy atom. The predicted octanol–water partition coefficient (Wildman–Crippen LogP) is 3.08. The SMILES string of the molecule is CCOc1ccccc1/C=C(/C=O)CC. The number of carbonyl (C=O) groups excluding carboxylic acids is 1. The van der Waals surface area contributed by atoms with Crippen LogP contribution in [-0.4, -0.2) is 12.9 Å². The summed E-state index contributed by atoms with van der Waals surface area (Å²) < 4.78 is 5.47. The molecule has 2 heteroatoms. The number of allylic oxidation sites excluding steroid dienone is 1. The quantitative estimate of drug-likeness (QED) is 0.544. The van der Waals surface area contributed by atoms with Gasteiger partial charge in [-0.3, -0.25) is 4.79 Å². The van der Waals surface area contributed by atoms with Gasteiger partial charge in [0.25, 0.3) is 0 Å². The van der Waals surface area contributed by atoms with Crippen molar-refractivity contribution in [1.29, 1.82) is 0 Å².